The van der Waals surface area contributed by atoms with E-state index in [4.69, 9.17) is 4.74 Å². The van der Waals surface area contributed by atoms with Gasteiger partial charge in [0.25, 0.3) is 0 Å². The van der Waals surface area contributed by atoms with Crippen LogP contribution in [0.4, 0.5) is 0 Å². The number of benzene rings is 2. The van der Waals surface area contributed by atoms with Crippen LogP contribution in [0.5, 0.6) is 5.75 Å². The first-order chi connectivity index (χ1) is 9.70. The van der Waals surface area contributed by atoms with Gasteiger partial charge in [0.05, 0.1) is 18.1 Å². The first-order valence-corrected chi connectivity index (χ1v) is 7.54. The van der Waals surface area contributed by atoms with E-state index in [9.17, 15) is 4.79 Å². The molecule has 0 saturated carbocycles. The van der Waals surface area contributed by atoms with E-state index >= 15 is 0 Å². The fraction of sp³-hybridized carbons (Fsp3) is 0.235. The van der Waals surface area contributed by atoms with Gasteiger partial charge in [0, 0.05) is 4.47 Å². The molecular formula is C17H15BrO2. The summed E-state index contributed by atoms with van der Waals surface area (Å²) in [6.45, 7) is 2.48. The molecule has 0 radical (unpaired) electrons. The van der Waals surface area contributed by atoms with Crippen LogP contribution in [0.3, 0.4) is 0 Å². The Morgan fingerprint density at radius 3 is 2.85 bits per heavy atom. The Kier molecular flexibility index (Phi) is 3.62. The van der Waals surface area contributed by atoms with Crippen molar-refractivity contribution in [3.05, 3.63) is 63.6 Å². The van der Waals surface area contributed by atoms with Gasteiger partial charge in [-0.25, -0.2) is 0 Å². The third-order valence-electron chi connectivity index (χ3n) is 3.68. The molecule has 0 N–H and O–H groups in total. The molecule has 0 fully saturated rings. The fourth-order valence-corrected chi connectivity index (χ4v) is 3.02. The molecule has 0 spiro atoms. The number of Topliss-reactive ketones (excluding diaryl/α,β-unsaturated/α-hetero) is 1. The second-order valence-corrected chi connectivity index (χ2v) is 5.81. The van der Waals surface area contributed by atoms with Gasteiger partial charge in [-0.05, 0) is 42.7 Å². The summed E-state index contributed by atoms with van der Waals surface area (Å²) in [5.41, 5.74) is 3.10. The molecule has 0 aromatic heterocycles. The maximum absolute atomic E-state index is 12.7. The molecule has 0 bridgehead atoms. The highest BCUT2D eigenvalue weighted by Crippen LogP contribution is 2.39. The number of hydrogen-bond acceptors (Lipinski definition) is 2. The number of hydrogen-bond donors (Lipinski definition) is 0. The highest BCUT2D eigenvalue weighted by atomic mass is 79.9. The number of halogens is 1. The van der Waals surface area contributed by atoms with Gasteiger partial charge in [0.2, 0.25) is 0 Å². The van der Waals surface area contributed by atoms with Gasteiger partial charge >= 0.3 is 0 Å². The summed E-state index contributed by atoms with van der Waals surface area (Å²) in [5.74, 6) is 0.790. The molecular weight excluding hydrogens is 316 g/mol. The van der Waals surface area contributed by atoms with Crippen molar-refractivity contribution in [3.8, 4) is 5.75 Å². The molecule has 3 rings (SSSR count). The Labute approximate surface area is 126 Å². The number of carbonyl (C=O) groups excluding carboxylic acids is 1. The summed E-state index contributed by atoms with van der Waals surface area (Å²) < 4.78 is 6.48. The third kappa shape index (κ3) is 2.27. The van der Waals surface area contributed by atoms with Gasteiger partial charge in [-0.1, -0.05) is 40.2 Å². The molecule has 1 aliphatic rings. The number of ether oxygens (including phenoxy) is 1. The summed E-state index contributed by atoms with van der Waals surface area (Å²) in [7, 11) is 0. The lowest BCUT2D eigenvalue weighted by Crippen LogP contribution is -2.25. The van der Waals surface area contributed by atoms with Crippen molar-refractivity contribution in [1.82, 2.24) is 0 Å². The van der Waals surface area contributed by atoms with Crippen LogP contribution in [-0.4, -0.2) is 12.4 Å². The van der Waals surface area contributed by atoms with Gasteiger partial charge < -0.3 is 4.74 Å². The Balaban J connectivity index is 1.94. The van der Waals surface area contributed by atoms with E-state index < -0.39 is 0 Å². The maximum atomic E-state index is 12.7. The maximum Gasteiger partial charge on any atom is 0.174 e. The van der Waals surface area contributed by atoms with Gasteiger partial charge in [-0.3, -0.25) is 4.79 Å². The molecule has 2 aromatic carbocycles. The Morgan fingerprint density at radius 1 is 1.30 bits per heavy atom. The summed E-state index contributed by atoms with van der Waals surface area (Å²) in [6, 6.07) is 13.7. The van der Waals surface area contributed by atoms with E-state index in [0.717, 1.165) is 16.5 Å². The first-order valence-electron chi connectivity index (χ1n) is 6.75. The van der Waals surface area contributed by atoms with E-state index in [-0.39, 0.29) is 11.7 Å². The topological polar surface area (TPSA) is 26.3 Å². The summed E-state index contributed by atoms with van der Waals surface area (Å²) >= 11 is 3.43. The molecule has 2 nitrogen and oxygen atoms in total. The molecule has 3 heteroatoms. The van der Waals surface area contributed by atoms with Crippen LogP contribution >= 0.6 is 15.9 Å². The van der Waals surface area contributed by atoms with Crippen LogP contribution in [-0.2, 0) is 6.42 Å². The smallest absolute Gasteiger partial charge is 0.174 e. The van der Waals surface area contributed by atoms with Crippen LogP contribution in [0.1, 0.15) is 34.3 Å². The summed E-state index contributed by atoms with van der Waals surface area (Å²) in [6.07, 6.45) is 0.826. The van der Waals surface area contributed by atoms with Gasteiger partial charge in [0.15, 0.2) is 5.78 Å². The van der Waals surface area contributed by atoms with Gasteiger partial charge in [-0.2, -0.15) is 0 Å². The van der Waals surface area contributed by atoms with Crippen molar-refractivity contribution in [2.24, 2.45) is 0 Å². The van der Waals surface area contributed by atoms with Crippen molar-refractivity contribution in [1.29, 1.82) is 0 Å². The minimum atomic E-state index is -0.0280. The molecule has 2 aromatic rings. The first kappa shape index (κ1) is 13.4. The molecule has 1 unspecified atom stereocenters. The van der Waals surface area contributed by atoms with Crippen LogP contribution in [0.15, 0.2) is 46.9 Å². The zero-order valence-electron chi connectivity index (χ0n) is 11.2. The minimum Gasteiger partial charge on any atom is -0.493 e. The van der Waals surface area contributed by atoms with E-state index in [0.29, 0.717) is 17.9 Å². The lowest BCUT2D eigenvalue weighted by Gasteiger charge is -2.29. The molecule has 102 valence electrons. The second-order valence-electron chi connectivity index (χ2n) is 4.89. The van der Waals surface area contributed by atoms with Gasteiger partial charge in [0.1, 0.15) is 5.75 Å². The molecule has 1 atom stereocenters. The average Bonchev–Trinajstić information content (AvgIpc) is 2.42. The highest BCUT2D eigenvalue weighted by molar-refractivity contribution is 9.10. The molecule has 1 aliphatic carbocycles. The third-order valence-corrected chi connectivity index (χ3v) is 4.17. The molecule has 0 saturated heterocycles. The largest absolute Gasteiger partial charge is 0.493 e. The molecule has 0 amide bonds. The number of ketones is 1. The Morgan fingerprint density at radius 2 is 2.10 bits per heavy atom. The Bertz CT molecular complexity index is 664. The minimum absolute atomic E-state index is 0.0280. The number of rotatable bonds is 4. The lowest BCUT2D eigenvalue weighted by molar-refractivity contribution is 0.0945. The number of fused-ring (bicyclic) bond motifs is 1. The van der Waals surface area contributed by atoms with E-state index in [2.05, 4.69) is 22.0 Å². The van der Waals surface area contributed by atoms with Crippen molar-refractivity contribution >= 4 is 21.7 Å². The molecule has 20 heavy (non-hydrogen) atoms. The van der Waals surface area contributed by atoms with Crippen LogP contribution in [0.25, 0.3) is 0 Å². The van der Waals surface area contributed by atoms with E-state index in [1.54, 1.807) is 0 Å². The van der Waals surface area contributed by atoms with Gasteiger partial charge in [-0.15, -0.1) is 0 Å². The van der Waals surface area contributed by atoms with Crippen molar-refractivity contribution in [3.63, 3.8) is 0 Å². The van der Waals surface area contributed by atoms with Crippen molar-refractivity contribution in [2.75, 3.05) is 6.61 Å². The quantitative estimate of drug-likeness (QED) is 0.778. The zero-order valence-corrected chi connectivity index (χ0v) is 12.8. The standard InChI is InChI=1S/C17H15BrO2/c1-2-20-16-8-7-12(18)10-15(16)17(19)14-9-11-5-3-4-6-13(11)14/h3-8,10,14H,2,9H2,1H3. The van der Waals surface area contributed by atoms with Crippen LogP contribution in [0.2, 0.25) is 0 Å². The summed E-state index contributed by atoms with van der Waals surface area (Å²) in [5, 5.41) is 0. The molecule has 0 aliphatic heterocycles. The van der Waals surface area contributed by atoms with Crippen molar-refractivity contribution in [2.45, 2.75) is 19.3 Å². The second kappa shape index (κ2) is 5.41. The predicted molar refractivity (Wildman–Crippen MR) is 82.5 cm³/mol. The monoisotopic (exact) mass is 330 g/mol. The fourth-order valence-electron chi connectivity index (χ4n) is 2.66. The zero-order chi connectivity index (χ0) is 14.1. The SMILES string of the molecule is CCOc1ccc(Br)cc1C(=O)C1Cc2ccccc21. The highest BCUT2D eigenvalue weighted by Gasteiger charge is 2.33. The van der Waals surface area contributed by atoms with E-state index in [1.807, 2.05) is 43.3 Å². The van der Waals surface area contributed by atoms with Crippen molar-refractivity contribution < 1.29 is 9.53 Å². The van der Waals surface area contributed by atoms with E-state index in [1.165, 1.54) is 5.56 Å². The molecule has 0 heterocycles. The summed E-state index contributed by atoms with van der Waals surface area (Å²) in [4.78, 5) is 12.7. The predicted octanol–water partition coefficient (Wildman–Crippen LogP) is 4.37. The van der Waals surface area contributed by atoms with Crippen LogP contribution < -0.4 is 4.74 Å². The lowest BCUT2D eigenvalue weighted by atomic mass is 9.74. The van der Waals surface area contributed by atoms with Crippen LogP contribution in [0, 0.1) is 0 Å². The average molecular weight is 331 g/mol. The Hall–Kier alpha value is -1.61. The normalized spacial score (nSPS) is 16.2. The number of carbonyl (C=O) groups is 1.